The van der Waals surface area contributed by atoms with Gasteiger partial charge in [0.25, 0.3) is 0 Å². The van der Waals surface area contributed by atoms with Crippen LogP contribution in [0.15, 0.2) is 30.3 Å². The normalized spacial score (nSPS) is 12.5. The first-order chi connectivity index (χ1) is 14.5. The maximum Gasteiger partial charge on any atom is 0.416 e. The van der Waals surface area contributed by atoms with Crippen molar-refractivity contribution in [2.75, 3.05) is 12.4 Å². The van der Waals surface area contributed by atoms with Crippen molar-refractivity contribution in [3.63, 3.8) is 0 Å². The fourth-order valence-corrected chi connectivity index (χ4v) is 3.50. The van der Waals surface area contributed by atoms with E-state index in [4.69, 9.17) is 21.1 Å². The average Bonchev–Trinajstić information content (AvgIpc) is 2.66. The fraction of sp³-hybridized carbons (Fsp3) is 0.286. The van der Waals surface area contributed by atoms with E-state index in [1.807, 2.05) is 0 Å². The van der Waals surface area contributed by atoms with Crippen LogP contribution < -0.4 is 14.8 Å². The zero-order valence-corrected chi connectivity index (χ0v) is 17.9. The van der Waals surface area contributed by atoms with Crippen LogP contribution in [0.25, 0.3) is 10.9 Å². The minimum absolute atomic E-state index is 0.0646. The van der Waals surface area contributed by atoms with Gasteiger partial charge in [0.05, 0.1) is 24.2 Å². The van der Waals surface area contributed by atoms with Crippen molar-refractivity contribution >= 4 is 34.3 Å². The maximum atomic E-state index is 13.3. The van der Waals surface area contributed by atoms with Crippen molar-refractivity contribution in [1.29, 1.82) is 0 Å². The predicted octanol–water partition coefficient (Wildman–Crippen LogP) is 5.72. The van der Waals surface area contributed by atoms with E-state index in [1.54, 1.807) is 13.0 Å². The van der Waals surface area contributed by atoms with Gasteiger partial charge in [-0.2, -0.15) is 13.2 Å². The standard InChI is InChI=1S/C21H19ClF3N3O3/c1-10-13(6-5-7-15(10)21(23,24)25)11(2)26-19-14-8-18(31-12(3)29)17(30-4)9-16(14)27-20(22)28-19/h5-9,11H,1-4H3,(H,26,27,28)/t11-/m1/s1. The molecule has 0 aliphatic carbocycles. The second-order valence-corrected chi connectivity index (χ2v) is 7.18. The summed E-state index contributed by atoms with van der Waals surface area (Å²) in [6.45, 7) is 4.38. The van der Waals surface area contributed by atoms with Crippen molar-refractivity contribution in [2.45, 2.75) is 33.0 Å². The van der Waals surface area contributed by atoms with Gasteiger partial charge in [0.2, 0.25) is 5.28 Å². The Bertz CT molecular complexity index is 1150. The van der Waals surface area contributed by atoms with Gasteiger partial charge >= 0.3 is 12.1 Å². The van der Waals surface area contributed by atoms with Crippen LogP contribution in [0.3, 0.4) is 0 Å². The Morgan fingerprint density at radius 3 is 2.52 bits per heavy atom. The third-order valence-electron chi connectivity index (χ3n) is 4.71. The number of halogens is 4. The van der Waals surface area contributed by atoms with Gasteiger partial charge in [-0.25, -0.2) is 9.97 Å². The van der Waals surface area contributed by atoms with Gasteiger partial charge in [-0.15, -0.1) is 0 Å². The second kappa shape index (κ2) is 8.58. The summed E-state index contributed by atoms with van der Waals surface area (Å²) in [7, 11) is 1.41. The topological polar surface area (TPSA) is 73.3 Å². The molecule has 0 aliphatic rings. The summed E-state index contributed by atoms with van der Waals surface area (Å²) in [6.07, 6.45) is -4.46. The van der Waals surface area contributed by atoms with Crippen LogP contribution in [0.4, 0.5) is 19.0 Å². The quantitative estimate of drug-likeness (QED) is 0.303. The summed E-state index contributed by atoms with van der Waals surface area (Å²) in [6, 6.07) is 6.52. The van der Waals surface area contributed by atoms with Gasteiger partial charge in [-0.3, -0.25) is 4.79 Å². The molecule has 1 N–H and O–H groups in total. The van der Waals surface area contributed by atoms with Gasteiger partial charge in [-0.1, -0.05) is 12.1 Å². The molecule has 1 heterocycles. The number of rotatable bonds is 5. The summed E-state index contributed by atoms with van der Waals surface area (Å²) in [5, 5.41) is 3.49. The first kappa shape index (κ1) is 22.6. The van der Waals surface area contributed by atoms with Crippen LogP contribution >= 0.6 is 11.6 Å². The molecule has 0 fully saturated rings. The van der Waals surface area contributed by atoms with Gasteiger partial charge in [0, 0.05) is 18.4 Å². The Morgan fingerprint density at radius 1 is 1.19 bits per heavy atom. The predicted molar refractivity (Wildman–Crippen MR) is 111 cm³/mol. The molecule has 0 saturated heterocycles. The minimum Gasteiger partial charge on any atom is -0.493 e. The molecule has 3 aromatic rings. The summed E-state index contributed by atoms with van der Waals surface area (Å²) < 4.78 is 50.3. The molecule has 3 rings (SSSR count). The molecule has 0 aliphatic heterocycles. The fourth-order valence-electron chi connectivity index (χ4n) is 3.32. The van der Waals surface area contributed by atoms with E-state index in [-0.39, 0.29) is 28.2 Å². The van der Waals surface area contributed by atoms with E-state index in [1.165, 1.54) is 39.2 Å². The largest absolute Gasteiger partial charge is 0.493 e. The number of carbonyl (C=O) groups excluding carboxylic acids is 1. The lowest BCUT2D eigenvalue weighted by molar-refractivity contribution is -0.138. The minimum atomic E-state index is -4.46. The second-order valence-electron chi connectivity index (χ2n) is 6.84. The van der Waals surface area contributed by atoms with E-state index in [2.05, 4.69) is 15.3 Å². The maximum absolute atomic E-state index is 13.3. The highest BCUT2D eigenvalue weighted by Crippen LogP contribution is 2.38. The number of ether oxygens (including phenoxy) is 2. The Balaban J connectivity index is 2.08. The van der Waals surface area contributed by atoms with Crippen molar-refractivity contribution in [3.8, 4) is 11.5 Å². The number of aromatic nitrogens is 2. The number of benzene rings is 2. The molecule has 0 radical (unpaired) electrons. The molecule has 0 unspecified atom stereocenters. The molecule has 10 heteroatoms. The van der Waals surface area contributed by atoms with E-state index in [0.29, 0.717) is 16.5 Å². The van der Waals surface area contributed by atoms with Crippen LogP contribution in [-0.4, -0.2) is 23.0 Å². The molecule has 0 saturated carbocycles. The molecule has 31 heavy (non-hydrogen) atoms. The van der Waals surface area contributed by atoms with E-state index < -0.39 is 23.8 Å². The van der Waals surface area contributed by atoms with Crippen molar-refractivity contribution in [1.82, 2.24) is 9.97 Å². The average molecular weight is 454 g/mol. The number of hydrogen-bond donors (Lipinski definition) is 1. The van der Waals surface area contributed by atoms with Crippen molar-refractivity contribution < 1.29 is 27.4 Å². The molecule has 1 atom stereocenters. The zero-order valence-electron chi connectivity index (χ0n) is 17.1. The monoisotopic (exact) mass is 453 g/mol. The highest BCUT2D eigenvalue weighted by atomic mass is 35.5. The number of nitrogens with one attached hydrogen (secondary N) is 1. The van der Waals surface area contributed by atoms with Gasteiger partial charge in [0.1, 0.15) is 5.82 Å². The third kappa shape index (κ3) is 4.82. The highest BCUT2D eigenvalue weighted by Gasteiger charge is 2.33. The van der Waals surface area contributed by atoms with Crippen molar-refractivity contribution in [2.24, 2.45) is 0 Å². The molecule has 164 valence electrons. The lowest BCUT2D eigenvalue weighted by Crippen LogP contribution is -2.14. The summed E-state index contributed by atoms with van der Waals surface area (Å²) in [5.74, 6) is 0.148. The van der Waals surface area contributed by atoms with E-state index >= 15 is 0 Å². The number of esters is 1. The van der Waals surface area contributed by atoms with E-state index in [9.17, 15) is 18.0 Å². The van der Waals surface area contributed by atoms with Crippen LogP contribution in [0.5, 0.6) is 11.5 Å². The molecule has 2 aromatic carbocycles. The number of anilines is 1. The summed E-state index contributed by atoms with van der Waals surface area (Å²) in [4.78, 5) is 19.8. The first-order valence-corrected chi connectivity index (χ1v) is 9.56. The Morgan fingerprint density at radius 2 is 1.90 bits per heavy atom. The van der Waals surface area contributed by atoms with Crippen LogP contribution in [0.1, 0.15) is 36.6 Å². The zero-order chi connectivity index (χ0) is 22.9. The van der Waals surface area contributed by atoms with Crippen molar-refractivity contribution in [3.05, 3.63) is 52.3 Å². The van der Waals surface area contributed by atoms with Crippen LogP contribution in [0.2, 0.25) is 5.28 Å². The summed E-state index contributed by atoms with van der Waals surface area (Å²) >= 11 is 6.05. The molecule has 0 amide bonds. The first-order valence-electron chi connectivity index (χ1n) is 9.18. The van der Waals surface area contributed by atoms with Gasteiger partial charge in [0.15, 0.2) is 11.5 Å². The number of hydrogen-bond acceptors (Lipinski definition) is 6. The molecule has 0 bridgehead atoms. The number of alkyl halides is 3. The van der Waals surface area contributed by atoms with Crippen LogP contribution in [0, 0.1) is 6.92 Å². The molecular formula is C21H19ClF3N3O3. The number of fused-ring (bicyclic) bond motifs is 1. The number of carbonyl (C=O) groups is 1. The lowest BCUT2D eigenvalue weighted by Gasteiger charge is -2.21. The lowest BCUT2D eigenvalue weighted by atomic mass is 9.97. The Hall–Kier alpha value is -3.07. The number of methoxy groups -OCH3 is 1. The van der Waals surface area contributed by atoms with Gasteiger partial charge in [-0.05, 0) is 48.7 Å². The number of nitrogens with zero attached hydrogens (tertiary/aromatic N) is 2. The smallest absolute Gasteiger partial charge is 0.416 e. The Kier molecular flexibility index (Phi) is 6.26. The van der Waals surface area contributed by atoms with Crippen LogP contribution in [-0.2, 0) is 11.0 Å². The third-order valence-corrected chi connectivity index (χ3v) is 4.88. The van der Waals surface area contributed by atoms with E-state index in [0.717, 1.165) is 6.07 Å². The highest BCUT2D eigenvalue weighted by molar-refractivity contribution is 6.28. The molecule has 0 spiro atoms. The SMILES string of the molecule is COc1cc2nc(Cl)nc(N[C@H](C)c3cccc(C(F)(F)F)c3C)c2cc1OC(C)=O. The molecular weight excluding hydrogens is 435 g/mol. The summed E-state index contributed by atoms with van der Waals surface area (Å²) in [5.41, 5.74) is 0.266. The Labute approximate surface area is 181 Å². The molecule has 6 nitrogen and oxygen atoms in total. The van der Waals surface area contributed by atoms with Gasteiger partial charge < -0.3 is 14.8 Å². The molecule has 1 aromatic heterocycles.